The molecular formula is C42H47N3O11. The molecule has 3 fully saturated rings. The van der Waals surface area contributed by atoms with E-state index in [0.29, 0.717) is 0 Å². The minimum absolute atomic E-state index is 0.00954. The molecule has 4 aromatic carbocycles. The minimum Gasteiger partial charge on any atom is -0.497 e. The van der Waals surface area contributed by atoms with Crippen molar-refractivity contribution in [3.05, 3.63) is 148 Å². The molecular weight excluding hydrogens is 722 g/mol. The Kier molecular flexibility index (Phi) is 14.0. The van der Waals surface area contributed by atoms with Gasteiger partial charge in [0.15, 0.2) is 18.9 Å². The van der Waals surface area contributed by atoms with Crippen LogP contribution < -0.4 is 4.74 Å². The Hall–Kier alpha value is -4.41. The van der Waals surface area contributed by atoms with Crippen molar-refractivity contribution in [1.82, 2.24) is 0 Å². The molecule has 4 aromatic rings. The van der Waals surface area contributed by atoms with Gasteiger partial charge >= 0.3 is 0 Å². The van der Waals surface area contributed by atoms with Gasteiger partial charge in [-0.05, 0) is 34.4 Å². The summed E-state index contributed by atoms with van der Waals surface area (Å²) < 4.78 is 62.6. The molecule has 0 aromatic heterocycles. The standard InChI is InChI=1S/C42H47N3O11/c1-47-31-20-18-29(19-21-31)22-49-25-32-35(46)38(50-23-27-12-6-3-7-13-27)39(51-24-28-14-8-4-9-15-28)42(53-32)56-37-34(44-45-43)41(48-2)54-33-26-52-40(55-36(33)37)30-16-10-5-11-17-30/h3-21,32-42,46H,22-26H2,1-2H3/t32-,33-,34-,35-,36-,37-,38+,39-,40-,41-,42+/m1/s1. The Morgan fingerprint density at radius 3 is 1.96 bits per heavy atom. The molecule has 56 heavy (non-hydrogen) atoms. The number of aliphatic hydroxyl groups is 1. The average molecular weight is 770 g/mol. The van der Waals surface area contributed by atoms with Gasteiger partial charge in [-0.2, -0.15) is 0 Å². The van der Waals surface area contributed by atoms with E-state index in [9.17, 15) is 10.6 Å². The molecule has 0 radical (unpaired) electrons. The molecule has 11 atom stereocenters. The molecule has 3 heterocycles. The lowest BCUT2D eigenvalue weighted by Gasteiger charge is -2.50. The van der Waals surface area contributed by atoms with Crippen LogP contribution in [0, 0.1) is 0 Å². The number of fused-ring (bicyclic) bond motifs is 1. The molecule has 0 spiro atoms. The second kappa shape index (κ2) is 19.6. The van der Waals surface area contributed by atoms with E-state index in [1.165, 1.54) is 7.11 Å². The monoisotopic (exact) mass is 769 g/mol. The molecule has 0 saturated carbocycles. The third-order valence-electron chi connectivity index (χ3n) is 9.99. The van der Waals surface area contributed by atoms with Gasteiger partial charge < -0.3 is 52.5 Å². The number of azide groups is 1. The summed E-state index contributed by atoms with van der Waals surface area (Å²) in [6.07, 6.45) is -9.41. The maximum Gasteiger partial charge on any atom is 0.187 e. The van der Waals surface area contributed by atoms with Gasteiger partial charge in [0.1, 0.15) is 54.5 Å². The molecule has 0 bridgehead atoms. The molecule has 0 unspecified atom stereocenters. The van der Waals surface area contributed by atoms with E-state index in [1.807, 2.05) is 115 Å². The van der Waals surface area contributed by atoms with Crippen molar-refractivity contribution in [3.63, 3.8) is 0 Å². The van der Waals surface area contributed by atoms with Gasteiger partial charge in [-0.3, -0.25) is 0 Å². The number of ether oxygens (including phenoxy) is 10. The number of hydrogen-bond donors (Lipinski definition) is 1. The molecule has 3 saturated heterocycles. The van der Waals surface area contributed by atoms with E-state index in [2.05, 4.69) is 10.0 Å². The Morgan fingerprint density at radius 1 is 0.714 bits per heavy atom. The number of benzene rings is 4. The zero-order valence-corrected chi connectivity index (χ0v) is 31.2. The van der Waals surface area contributed by atoms with E-state index in [1.54, 1.807) is 7.11 Å². The summed E-state index contributed by atoms with van der Waals surface area (Å²) in [5.41, 5.74) is 13.3. The molecule has 0 amide bonds. The first kappa shape index (κ1) is 39.8. The van der Waals surface area contributed by atoms with Crippen molar-refractivity contribution in [1.29, 1.82) is 0 Å². The highest BCUT2D eigenvalue weighted by molar-refractivity contribution is 5.26. The Bertz CT molecular complexity index is 1820. The highest BCUT2D eigenvalue weighted by Crippen LogP contribution is 2.39. The van der Waals surface area contributed by atoms with Crippen molar-refractivity contribution in [2.45, 2.75) is 87.5 Å². The molecule has 14 heteroatoms. The summed E-state index contributed by atoms with van der Waals surface area (Å²) in [5.74, 6) is 0.730. The Morgan fingerprint density at radius 2 is 1.34 bits per heavy atom. The highest BCUT2D eigenvalue weighted by atomic mass is 16.8. The van der Waals surface area contributed by atoms with Crippen LogP contribution >= 0.6 is 0 Å². The Balaban J connectivity index is 1.20. The highest BCUT2D eigenvalue weighted by Gasteiger charge is 2.55. The first-order chi connectivity index (χ1) is 27.5. The van der Waals surface area contributed by atoms with Gasteiger partial charge in [-0.1, -0.05) is 108 Å². The number of methoxy groups -OCH3 is 2. The largest absolute Gasteiger partial charge is 0.497 e. The van der Waals surface area contributed by atoms with Gasteiger partial charge in [0, 0.05) is 17.6 Å². The van der Waals surface area contributed by atoms with Crippen LogP contribution in [0.1, 0.15) is 28.5 Å². The lowest BCUT2D eigenvalue weighted by molar-refractivity contribution is -0.379. The van der Waals surface area contributed by atoms with Crippen LogP contribution in [0.15, 0.2) is 120 Å². The van der Waals surface area contributed by atoms with Crippen molar-refractivity contribution >= 4 is 0 Å². The molecule has 3 aliphatic heterocycles. The summed E-state index contributed by atoms with van der Waals surface area (Å²) in [4.78, 5) is 3.13. The number of rotatable bonds is 16. The fraction of sp³-hybridized carbons (Fsp3) is 0.429. The van der Waals surface area contributed by atoms with Crippen LogP contribution in [0.4, 0.5) is 0 Å². The second-order valence-electron chi connectivity index (χ2n) is 13.7. The summed E-state index contributed by atoms with van der Waals surface area (Å²) in [5, 5.41) is 16.1. The van der Waals surface area contributed by atoms with Crippen molar-refractivity contribution in [3.8, 4) is 5.75 Å². The number of hydrogen-bond acceptors (Lipinski definition) is 12. The summed E-state index contributed by atoms with van der Waals surface area (Å²) in [6.45, 7) is 0.721. The van der Waals surface area contributed by atoms with Crippen molar-refractivity contribution in [2.24, 2.45) is 5.11 Å². The SMILES string of the molecule is COc1ccc(COC[C@H]2O[C@@H](O[C@@H]3[C@@H](N=[N+]=[N-])[C@H](OC)O[C@@H]4CO[C@@H](c5ccccc5)O[C@@H]34)[C@H](OCc3ccccc3)[C@@H](OCc3ccccc3)[C@@H]2O)cc1. The molecule has 14 nitrogen and oxygen atoms in total. The predicted molar refractivity (Wildman–Crippen MR) is 201 cm³/mol. The van der Waals surface area contributed by atoms with Gasteiger partial charge in [0.2, 0.25) is 0 Å². The van der Waals surface area contributed by atoms with Crippen molar-refractivity contribution < 1.29 is 52.5 Å². The summed E-state index contributed by atoms with van der Waals surface area (Å²) >= 11 is 0. The quantitative estimate of drug-likeness (QED) is 0.0807. The normalized spacial score (nSPS) is 30.2. The van der Waals surface area contributed by atoms with E-state index in [0.717, 1.165) is 28.0 Å². The van der Waals surface area contributed by atoms with E-state index < -0.39 is 67.6 Å². The van der Waals surface area contributed by atoms with Crippen LogP contribution in [0.2, 0.25) is 0 Å². The lowest BCUT2D eigenvalue weighted by atomic mass is 9.94. The van der Waals surface area contributed by atoms with E-state index in [-0.39, 0.29) is 33.0 Å². The topological polar surface area (TPSA) is 161 Å². The van der Waals surface area contributed by atoms with Crippen molar-refractivity contribution in [2.75, 3.05) is 27.4 Å². The van der Waals surface area contributed by atoms with Crippen LogP contribution in [-0.4, -0.2) is 93.9 Å². The van der Waals surface area contributed by atoms with Gasteiger partial charge in [-0.25, -0.2) is 0 Å². The van der Waals surface area contributed by atoms with Gasteiger partial charge in [0.25, 0.3) is 0 Å². The van der Waals surface area contributed by atoms with Crippen LogP contribution in [0.3, 0.4) is 0 Å². The fourth-order valence-electron chi connectivity index (χ4n) is 7.08. The first-order valence-corrected chi connectivity index (χ1v) is 18.6. The Labute approximate surface area is 325 Å². The number of nitrogens with zero attached hydrogens (tertiary/aromatic N) is 3. The smallest absolute Gasteiger partial charge is 0.187 e. The van der Waals surface area contributed by atoms with E-state index >= 15 is 0 Å². The fourth-order valence-corrected chi connectivity index (χ4v) is 7.08. The van der Waals surface area contributed by atoms with E-state index in [4.69, 9.17) is 47.4 Å². The van der Waals surface area contributed by atoms with Gasteiger partial charge in [0.05, 0.1) is 40.1 Å². The molecule has 296 valence electrons. The number of aliphatic hydroxyl groups excluding tert-OH is 1. The second-order valence-corrected chi connectivity index (χ2v) is 13.7. The third-order valence-corrected chi connectivity index (χ3v) is 9.99. The molecule has 1 N–H and O–H groups in total. The zero-order valence-electron chi connectivity index (χ0n) is 31.2. The van der Waals surface area contributed by atoms with Crippen LogP contribution in [0.5, 0.6) is 5.75 Å². The maximum atomic E-state index is 12.0. The van der Waals surface area contributed by atoms with Crippen LogP contribution in [-0.2, 0) is 62.5 Å². The third kappa shape index (κ3) is 9.75. The zero-order chi connectivity index (χ0) is 38.7. The average Bonchev–Trinajstić information content (AvgIpc) is 3.25. The molecule has 3 aliphatic rings. The minimum atomic E-state index is -1.20. The maximum absolute atomic E-state index is 12.0. The molecule has 0 aliphatic carbocycles. The van der Waals surface area contributed by atoms with Gasteiger partial charge in [-0.15, -0.1) is 0 Å². The first-order valence-electron chi connectivity index (χ1n) is 18.6. The summed E-state index contributed by atoms with van der Waals surface area (Å²) in [6, 6.07) is 35.3. The summed E-state index contributed by atoms with van der Waals surface area (Å²) in [7, 11) is 3.07. The predicted octanol–water partition coefficient (Wildman–Crippen LogP) is 6.02. The van der Waals surface area contributed by atoms with Crippen LogP contribution in [0.25, 0.3) is 10.4 Å². The lowest BCUT2D eigenvalue weighted by Crippen LogP contribution is -2.66. The molecule has 7 rings (SSSR count).